The van der Waals surface area contributed by atoms with Crippen molar-refractivity contribution in [3.05, 3.63) is 12.2 Å². The van der Waals surface area contributed by atoms with Gasteiger partial charge in [-0.25, -0.2) is 4.79 Å². The number of amides is 1. The van der Waals surface area contributed by atoms with Gasteiger partial charge in [0.2, 0.25) is 5.91 Å². The van der Waals surface area contributed by atoms with E-state index in [4.69, 9.17) is 0 Å². The lowest BCUT2D eigenvalue weighted by atomic mass is 10.4. The number of primary amides is 1. The first-order valence-electron chi connectivity index (χ1n) is 3.77. The van der Waals surface area contributed by atoms with Crippen LogP contribution in [-0.4, -0.2) is 18.4 Å². The van der Waals surface area contributed by atoms with Crippen LogP contribution in [0.5, 0.6) is 0 Å². The molecule has 0 spiro atoms. The van der Waals surface area contributed by atoms with Crippen molar-refractivity contribution in [1.82, 2.24) is 5.48 Å². The van der Waals surface area contributed by atoms with E-state index in [0.717, 1.165) is 0 Å². The topological polar surface area (TPSA) is 81.4 Å². The van der Waals surface area contributed by atoms with Gasteiger partial charge in [-0.3, -0.25) is 4.79 Å². The summed E-state index contributed by atoms with van der Waals surface area (Å²) in [6.07, 6.45) is 0. The molecule has 0 radical (unpaired) electrons. The van der Waals surface area contributed by atoms with Crippen LogP contribution >= 0.6 is 0 Å². The fourth-order valence-electron chi connectivity index (χ4n) is 0.225. The van der Waals surface area contributed by atoms with Crippen molar-refractivity contribution >= 4 is 11.9 Å². The fraction of sp³-hybridized carbons (Fsp3) is 0.500. The quantitative estimate of drug-likeness (QED) is 0.487. The zero-order valence-corrected chi connectivity index (χ0v) is 8.22. The summed E-state index contributed by atoms with van der Waals surface area (Å²) in [7, 11) is 0. The second kappa shape index (κ2) is 8.73. The summed E-state index contributed by atoms with van der Waals surface area (Å²) in [5, 5.41) is 0. The Bertz CT molecular complexity index is 186. The highest BCUT2D eigenvalue weighted by atomic mass is 16.7. The molecule has 0 fully saturated rings. The molecule has 5 heteroatoms. The van der Waals surface area contributed by atoms with E-state index in [0.29, 0.717) is 12.1 Å². The van der Waals surface area contributed by atoms with Crippen LogP contribution < -0.4 is 11.2 Å². The molecular weight excluding hydrogens is 172 g/mol. The van der Waals surface area contributed by atoms with Gasteiger partial charge in [0.05, 0.1) is 0 Å². The van der Waals surface area contributed by atoms with Crippen LogP contribution in [0.15, 0.2) is 12.2 Å². The lowest BCUT2D eigenvalue weighted by molar-refractivity contribution is -0.145. The zero-order valence-electron chi connectivity index (χ0n) is 8.22. The average Bonchev–Trinajstić information content (AvgIpc) is 1.98. The molecule has 0 unspecified atom stereocenters. The van der Waals surface area contributed by atoms with Crippen LogP contribution in [0.25, 0.3) is 0 Å². The Morgan fingerprint density at radius 1 is 1.46 bits per heavy atom. The van der Waals surface area contributed by atoms with Crippen molar-refractivity contribution in [2.45, 2.75) is 20.8 Å². The number of carbonyl (C=O) groups excluding carboxylic acids is 2. The number of hydrogen-bond acceptors (Lipinski definition) is 4. The van der Waals surface area contributed by atoms with Gasteiger partial charge in [-0.2, -0.15) is 5.48 Å². The number of nitrogens with one attached hydrogen (secondary N) is 1. The Morgan fingerprint density at radius 2 is 1.85 bits per heavy atom. The highest BCUT2D eigenvalue weighted by Gasteiger charge is 1.99. The van der Waals surface area contributed by atoms with Gasteiger partial charge >= 0.3 is 5.97 Å². The average molecular weight is 188 g/mol. The van der Waals surface area contributed by atoms with Crippen LogP contribution in [0.3, 0.4) is 0 Å². The zero-order chi connectivity index (χ0) is 10.9. The highest BCUT2D eigenvalue weighted by Crippen LogP contribution is 1.87. The summed E-state index contributed by atoms with van der Waals surface area (Å²) >= 11 is 0. The van der Waals surface area contributed by atoms with Gasteiger partial charge in [0.1, 0.15) is 0 Å². The van der Waals surface area contributed by atoms with E-state index in [2.05, 4.69) is 22.6 Å². The van der Waals surface area contributed by atoms with Crippen molar-refractivity contribution in [3.8, 4) is 0 Å². The van der Waals surface area contributed by atoms with Crippen LogP contribution in [0, 0.1) is 0 Å². The minimum absolute atomic E-state index is 0.333. The Balaban J connectivity index is 0. The van der Waals surface area contributed by atoms with E-state index in [1.54, 1.807) is 6.92 Å². The molecule has 0 atom stereocenters. The van der Waals surface area contributed by atoms with Gasteiger partial charge in [-0.15, -0.1) is 0 Å². The van der Waals surface area contributed by atoms with Crippen LogP contribution in [0.1, 0.15) is 20.8 Å². The molecule has 5 nitrogen and oxygen atoms in total. The van der Waals surface area contributed by atoms with Crippen molar-refractivity contribution < 1.29 is 14.4 Å². The molecule has 0 aliphatic carbocycles. The number of carbonyl (C=O) groups is 2. The van der Waals surface area contributed by atoms with Gasteiger partial charge in [0, 0.05) is 19.0 Å². The van der Waals surface area contributed by atoms with Crippen molar-refractivity contribution in [1.29, 1.82) is 0 Å². The van der Waals surface area contributed by atoms with Gasteiger partial charge in [0.25, 0.3) is 0 Å². The Hall–Kier alpha value is -1.36. The molecule has 0 aliphatic heterocycles. The minimum Gasteiger partial charge on any atom is -0.370 e. The summed E-state index contributed by atoms with van der Waals surface area (Å²) in [5.41, 5.74) is 7.29. The first kappa shape index (κ1) is 14.2. The molecular formula is C8H16N2O3. The normalized spacial score (nSPS) is 7.92. The third-order valence-corrected chi connectivity index (χ3v) is 0.658. The maximum Gasteiger partial charge on any atom is 0.351 e. The van der Waals surface area contributed by atoms with Gasteiger partial charge in [-0.1, -0.05) is 6.58 Å². The second-order valence-electron chi connectivity index (χ2n) is 2.28. The summed E-state index contributed by atoms with van der Waals surface area (Å²) in [6.45, 7) is 8.74. The summed E-state index contributed by atoms with van der Waals surface area (Å²) in [4.78, 5) is 24.2. The summed E-state index contributed by atoms with van der Waals surface area (Å²) < 4.78 is 0. The van der Waals surface area contributed by atoms with E-state index in [1.165, 1.54) is 6.92 Å². The summed E-state index contributed by atoms with van der Waals surface area (Å²) in [5.74, 6) is -0.739. The lowest BCUT2D eigenvalue weighted by Gasteiger charge is -2.00. The lowest BCUT2D eigenvalue weighted by Crippen LogP contribution is -2.19. The van der Waals surface area contributed by atoms with E-state index < -0.39 is 5.97 Å². The van der Waals surface area contributed by atoms with Crippen LogP contribution in [0.2, 0.25) is 0 Å². The molecule has 0 heterocycles. The molecule has 3 N–H and O–H groups in total. The largest absolute Gasteiger partial charge is 0.370 e. The molecule has 0 bridgehead atoms. The van der Waals surface area contributed by atoms with E-state index >= 15 is 0 Å². The molecule has 0 rings (SSSR count). The smallest absolute Gasteiger partial charge is 0.351 e. The Kier molecular flexibility index (Phi) is 9.53. The molecule has 0 saturated carbocycles. The molecule has 0 aromatic heterocycles. The van der Waals surface area contributed by atoms with Crippen LogP contribution in [-0.2, 0) is 14.4 Å². The second-order valence-corrected chi connectivity index (χ2v) is 2.28. The molecule has 0 aromatic rings. The Labute approximate surface area is 77.9 Å². The van der Waals surface area contributed by atoms with Crippen LogP contribution in [0.4, 0.5) is 0 Å². The predicted octanol–water partition coefficient (Wildman–Crippen LogP) is 0.122. The fourth-order valence-corrected chi connectivity index (χ4v) is 0.225. The molecule has 0 aromatic carbocycles. The third-order valence-electron chi connectivity index (χ3n) is 0.658. The van der Waals surface area contributed by atoms with Gasteiger partial charge < -0.3 is 10.6 Å². The number of nitrogens with two attached hydrogens (primary N) is 1. The Morgan fingerprint density at radius 3 is 2.08 bits per heavy atom. The molecule has 0 aliphatic rings. The number of hydrogen-bond donors (Lipinski definition) is 2. The molecule has 13 heavy (non-hydrogen) atoms. The van der Waals surface area contributed by atoms with Gasteiger partial charge in [-0.05, 0) is 13.8 Å². The van der Waals surface area contributed by atoms with Gasteiger partial charge in [0.15, 0.2) is 0 Å². The third kappa shape index (κ3) is 18.0. The summed E-state index contributed by atoms with van der Waals surface area (Å²) in [6, 6.07) is 0. The molecule has 0 saturated heterocycles. The van der Waals surface area contributed by atoms with Crippen molar-refractivity contribution in [2.75, 3.05) is 6.54 Å². The molecule has 1 amide bonds. The van der Waals surface area contributed by atoms with E-state index in [-0.39, 0.29) is 5.91 Å². The number of hydroxylamine groups is 1. The maximum atomic E-state index is 10.5. The maximum absolute atomic E-state index is 10.5. The van der Waals surface area contributed by atoms with E-state index in [9.17, 15) is 9.59 Å². The predicted molar refractivity (Wildman–Crippen MR) is 49.5 cm³/mol. The monoisotopic (exact) mass is 188 g/mol. The first-order chi connectivity index (χ1) is 5.91. The van der Waals surface area contributed by atoms with Crippen molar-refractivity contribution in [3.63, 3.8) is 0 Å². The van der Waals surface area contributed by atoms with E-state index in [1.807, 2.05) is 6.92 Å². The first-order valence-corrected chi connectivity index (χ1v) is 3.77. The highest BCUT2D eigenvalue weighted by molar-refractivity contribution is 5.86. The van der Waals surface area contributed by atoms with Crippen molar-refractivity contribution in [2.24, 2.45) is 5.73 Å². The number of rotatable bonds is 3. The SMILES string of the molecule is C=C(C)C(=O)ONCC.CC(N)=O. The standard InChI is InChI=1S/C6H11NO2.C2H5NO/c1-4-7-9-6(8)5(2)3;1-2(3)4/h7H,2,4H2,1,3H3;1H3,(H2,3,4). The molecule has 76 valence electrons. The minimum atomic E-state index is -0.406.